The first-order valence-corrected chi connectivity index (χ1v) is 6.19. The highest BCUT2D eigenvalue weighted by Gasteiger charge is 2.11. The highest BCUT2D eigenvalue weighted by atomic mass is 19.1. The fraction of sp³-hybridized carbons (Fsp3) is 0.125. The molecule has 0 amide bonds. The molecule has 0 N–H and O–H groups in total. The van der Waals surface area contributed by atoms with Gasteiger partial charge in [0.15, 0.2) is 0 Å². The molecule has 0 saturated carbocycles. The van der Waals surface area contributed by atoms with Crippen LogP contribution in [0, 0.1) is 5.82 Å². The van der Waals surface area contributed by atoms with Gasteiger partial charge in [-0.05, 0) is 18.2 Å². The highest BCUT2D eigenvalue weighted by Crippen LogP contribution is 2.18. The molecule has 5 heteroatoms. The second-order valence-corrected chi connectivity index (χ2v) is 4.28. The molecule has 0 atom stereocenters. The lowest BCUT2D eigenvalue weighted by atomic mass is 10.1. The Morgan fingerprint density at radius 3 is 2.71 bits per heavy atom. The van der Waals surface area contributed by atoms with Crippen LogP contribution in [0.15, 0.2) is 42.5 Å². The Kier molecular flexibility index (Phi) is 4.66. The number of carbonyl (C=O) groups is 2. The first kappa shape index (κ1) is 14.7. The van der Waals surface area contributed by atoms with Gasteiger partial charge in [-0.2, -0.15) is 0 Å². The summed E-state index contributed by atoms with van der Waals surface area (Å²) < 4.78 is 23.4. The maximum absolute atomic E-state index is 13.3. The molecule has 0 aliphatic rings. The molecule has 21 heavy (non-hydrogen) atoms. The van der Waals surface area contributed by atoms with Crippen LogP contribution in [-0.4, -0.2) is 19.4 Å². The molecule has 0 radical (unpaired) electrons. The Balaban J connectivity index is 2.19. The fourth-order valence-corrected chi connectivity index (χ4v) is 1.85. The molecule has 0 bridgehead atoms. The summed E-state index contributed by atoms with van der Waals surface area (Å²) in [4.78, 5) is 22.3. The zero-order chi connectivity index (χ0) is 15.2. The van der Waals surface area contributed by atoms with E-state index in [0.717, 1.165) is 6.07 Å². The number of halogens is 1. The van der Waals surface area contributed by atoms with Crippen molar-refractivity contribution in [1.29, 1.82) is 0 Å². The minimum atomic E-state index is -0.559. The van der Waals surface area contributed by atoms with Crippen molar-refractivity contribution in [3.05, 3.63) is 65.0 Å². The topological polar surface area (TPSA) is 52.6 Å². The quantitative estimate of drug-likeness (QED) is 0.627. The molecule has 2 aromatic rings. The van der Waals surface area contributed by atoms with Crippen molar-refractivity contribution in [3.63, 3.8) is 0 Å². The number of rotatable bonds is 5. The summed E-state index contributed by atoms with van der Waals surface area (Å²) in [5.74, 6) is -0.811. The number of hydrogen-bond acceptors (Lipinski definition) is 4. The van der Waals surface area contributed by atoms with Gasteiger partial charge in [-0.1, -0.05) is 18.2 Å². The third-order valence-corrected chi connectivity index (χ3v) is 2.85. The first-order chi connectivity index (χ1) is 10.1. The van der Waals surface area contributed by atoms with Crippen LogP contribution >= 0.6 is 0 Å². The largest absolute Gasteiger partial charge is 0.489 e. The number of methoxy groups -OCH3 is 1. The Hall–Kier alpha value is -2.69. The van der Waals surface area contributed by atoms with E-state index in [-0.39, 0.29) is 17.9 Å². The molecule has 0 aliphatic carbocycles. The second kappa shape index (κ2) is 6.65. The number of esters is 1. The molecule has 4 nitrogen and oxygen atoms in total. The summed E-state index contributed by atoms with van der Waals surface area (Å²) in [5.41, 5.74) is 1.18. The maximum atomic E-state index is 13.3. The van der Waals surface area contributed by atoms with Crippen molar-refractivity contribution in [2.45, 2.75) is 6.61 Å². The number of carbonyl (C=O) groups excluding carboxylic acids is 2. The fourth-order valence-electron chi connectivity index (χ4n) is 1.85. The molecule has 2 rings (SSSR count). The molecule has 0 aromatic heterocycles. The average molecular weight is 288 g/mol. The predicted molar refractivity (Wildman–Crippen MR) is 73.9 cm³/mol. The van der Waals surface area contributed by atoms with Gasteiger partial charge in [0.25, 0.3) is 0 Å². The average Bonchev–Trinajstić information content (AvgIpc) is 2.51. The van der Waals surface area contributed by atoms with Crippen LogP contribution in [-0.2, 0) is 11.3 Å². The van der Waals surface area contributed by atoms with E-state index in [2.05, 4.69) is 4.74 Å². The summed E-state index contributed by atoms with van der Waals surface area (Å²) in [6, 6.07) is 10.5. The Morgan fingerprint density at radius 2 is 2.00 bits per heavy atom. The van der Waals surface area contributed by atoms with E-state index in [0.29, 0.717) is 17.4 Å². The lowest BCUT2D eigenvalue weighted by Crippen LogP contribution is -2.08. The van der Waals surface area contributed by atoms with E-state index in [1.54, 1.807) is 24.3 Å². The zero-order valence-electron chi connectivity index (χ0n) is 11.3. The monoisotopic (exact) mass is 288 g/mol. The molecule has 0 unspecified atom stereocenters. The van der Waals surface area contributed by atoms with Crippen LogP contribution in [0.4, 0.5) is 4.39 Å². The van der Waals surface area contributed by atoms with Gasteiger partial charge < -0.3 is 9.47 Å². The standard InChI is InChI=1S/C16H13FO4/c1-20-16(19)15-5-3-2-4-12(15)10-21-14-7-11(9-18)6-13(17)8-14/h2-9H,10H2,1H3. The SMILES string of the molecule is COC(=O)c1ccccc1COc1cc(F)cc(C=O)c1. The Morgan fingerprint density at radius 1 is 1.24 bits per heavy atom. The third-order valence-electron chi connectivity index (χ3n) is 2.85. The number of benzene rings is 2. The number of hydrogen-bond donors (Lipinski definition) is 0. The summed E-state index contributed by atoms with van der Waals surface area (Å²) in [6.45, 7) is 0.0625. The molecule has 108 valence electrons. The summed E-state index contributed by atoms with van der Waals surface area (Å²) >= 11 is 0. The van der Waals surface area contributed by atoms with E-state index >= 15 is 0 Å². The smallest absolute Gasteiger partial charge is 0.338 e. The molecular formula is C16H13FO4. The second-order valence-electron chi connectivity index (χ2n) is 4.28. The molecule has 2 aromatic carbocycles. The van der Waals surface area contributed by atoms with E-state index in [4.69, 9.17) is 4.74 Å². The molecule has 0 spiro atoms. The molecular weight excluding hydrogens is 275 g/mol. The van der Waals surface area contributed by atoms with Crippen LogP contribution in [0.1, 0.15) is 26.3 Å². The van der Waals surface area contributed by atoms with Gasteiger partial charge in [0.05, 0.1) is 12.7 Å². The van der Waals surface area contributed by atoms with Crippen LogP contribution in [0.5, 0.6) is 5.75 Å². The van der Waals surface area contributed by atoms with Gasteiger partial charge in [0, 0.05) is 17.2 Å². The molecule has 0 aliphatic heterocycles. The van der Waals surface area contributed by atoms with Gasteiger partial charge in [-0.25, -0.2) is 9.18 Å². The Labute approximate surface area is 121 Å². The van der Waals surface area contributed by atoms with Crippen molar-refractivity contribution in [1.82, 2.24) is 0 Å². The van der Waals surface area contributed by atoms with E-state index in [1.807, 2.05) is 0 Å². The minimum absolute atomic E-state index is 0.0625. The van der Waals surface area contributed by atoms with Crippen molar-refractivity contribution in [2.24, 2.45) is 0 Å². The number of ether oxygens (including phenoxy) is 2. The van der Waals surface area contributed by atoms with Gasteiger partial charge in [0.2, 0.25) is 0 Å². The van der Waals surface area contributed by atoms with Gasteiger partial charge in [-0.15, -0.1) is 0 Å². The summed E-state index contributed by atoms with van der Waals surface area (Å²) in [5, 5.41) is 0. The van der Waals surface area contributed by atoms with Crippen molar-refractivity contribution >= 4 is 12.3 Å². The number of aldehydes is 1. The third kappa shape index (κ3) is 3.66. The van der Waals surface area contributed by atoms with Crippen LogP contribution < -0.4 is 4.74 Å². The summed E-state index contributed by atoms with van der Waals surface area (Å²) in [7, 11) is 1.29. The highest BCUT2D eigenvalue weighted by molar-refractivity contribution is 5.90. The van der Waals surface area contributed by atoms with Crippen molar-refractivity contribution in [2.75, 3.05) is 7.11 Å². The van der Waals surface area contributed by atoms with Crippen LogP contribution in [0.3, 0.4) is 0 Å². The van der Waals surface area contributed by atoms with Crippen LogP contribution in [0.2, 0.25) is 0 Å². The lowest BCUT2D eigenvalue weighted by molar-refractivity contribution is 0.0597. The molecule has 0 heterocycles. The van der Waals surface area contributed by atoms with Gasteiger partial charge in [-0.3, -0.25) is 4.79 Å². The van der Waals surface area contributed by atoms with E-state index < -0.39 is 11.8 Å². The maximum Gasteiger partial charge on any atom is 0.338 e. The van der Waals surface area contributed by atoms with Crippen LogP contribution in [0.25, 0.3) is 0 Å². The first-order valence-electron chi connectivity index (χ1n) is 6.19. The Bertz CT molecular complexity index is 667. The molecule has 0 saturated heterocycles. The van der Waals surface area contributed by atoms with Crippen molar-refractivity contribution in [3.8, 4) is 5.75 Å². The van der Waals surface area contributed by atoms with Gasteiger partial charge >= 0.3 is 5.97 Å². The molecule has 0 fully saturated rings. The predicted octanol–water partition coefficient (Wildman–Crippen LogP) is 3.00. The van der Waals surface area contributed by atoms with E-state index in [9.17, 15) is 14.0 Å². The summed E-state index contributed by atoms with van der Waals surface area (Å²) in [6.07, 6.45) is 0.540. The van der Waals surface area contributed by atoms with E-state index in [1.165, 1.54) is 19.2 Å². The van der Waals surface area contributed by atoms with Gasteiger partial charge in [0.1, 0.15) is 24.5 Å². The van der Waals surface area contributed by atoms with Crippen molar-refractivity contribution < 1.29 is 23.5 Å². The normalized spacial score (nSPS) is 10.0. The minimum Gasteiger partial charge on any atom is -0.489 e. The lowest BCUT2D eigenvalue weighted by Gasteiger charge is -2.10. The zero-order valence-corrected chi connectivity index (χ0v) is 11.3.